The summed E-state index contributed by atoms with van der Waals surface area (Å²) in [7, 11) is -4.73. The Balaban J connectivity index is 0.00000169. The Morgan fingerprint density at radius 2 is 2.00 bits per heavy atom. The van der Waals surface area contributed by atoms with E-state index in [1.54, 1.807) is 0 Å². The smallest absolute Gasteiger partial charge is 0.0808 e. The molecular weight excluding hydrogens is 437 g/mol. The van der Waals surface area contributed by atoms with Gasteiger partial charge in [0.25, 0.3) is 0 Å². The van der Waals surface area contributed by atoms with Crippen LogP contribution in [-0.2, 0) is 9.30 Å². The summed E-state index contributed by atoms with van der Waals surface area (Å²) in [6, 6.07) is 0. The summed E-state index contributed by atoms with van der Waals surface area (Å²) in [4.78, 5) is 20.3. The van der Waals surface area contributed by atoms with E-state index in [9.17, 15) is 14.4 Å². The van der Waals surface area contributed by atoms with E-state index in [1.165, 1.54) is 0 Å². The molecule has 8 heteroatoms. The summed E-state index contributed by atoms with van der Waals surface area (Å²) in [6.45, 7) is 0.972. The number of hydrogen-bond acceptors (Lipinski definition) is 6. The van der Waals surface area contributed by atoms with Crippen LogP contribution in [0.5, 0.6) is 0 Å². The summed E-state index contributed by atoms with van der Waals surface area (Å²) in [5.41, 5.74) is 0. The van der Waals surface area contributed by atoms with Crippen LogP contribution in [0.15, 0.2) is 11.9 Å². The van der Waals surface area contributed by atoms with Gasteiger partial charge in [-0.3, -0.25) is 0 Å². The molecule has 0 spiro atoms. The molecule has 80 valence electrons. The zero-order valence-corrected chi connectivity index (χ0v) is 12.0. The number of ether oxygens (including phenoxy) is 1. The van der Waals surface area contributed by atoms with Crippen LogP contribution in [0, 0.1) is 37.7 Å². The second-order valence-electron chi connectivity index (χ2n) is 2.60. The largest absolute Gasteiger partial charge is 0.808 e. The van der Waals surface area contributed by atoms with Crippen LogP contribution in [0.1, 0.15) is 0 Å². The summed E-state index contributed by atoms with van der Waals surface area (Å²) < 4.78 is 14.8. The van der Waals surface area contributed by atoms with Gasteiger partial charge in [-0.2, -0.15) is 6.61 Å². The van der Waals surface area contributed by atoms with Gasteiger partial charge in [-0.1, -0.05) is 11.9 Å². The van der Waals surface area contributed by atoms with Gasteiger partial charge < -0.3 is 29.3 Å². The molecule has 0 aromatic rings. The third kappa shape index (κ3) is 4.56. The fourth-order valence-corrected chi connectivity index (χ4v) is 1.26. The van der Waals surface area contributed by atoms with E-state index in [0.29, 0.717) is 5.82 Å². The molecule has 6 nitrogen and oxygen atoms in total. The Morgan fingerprint density at radius 1 is 1.43 bits per heavy atom. The zero-order valence-electron chi connectivity index (χ0n) is 6.94. The van der Waals surface area contributed by atoms with E-state index in [1.807, 2.05) is 0 Å². The van der Waals surface area contributed by atoms with Crippen LogP contribution >= 0.6 is 7.60 Å². The number of hydrogen-bond donors (Lipinski definition) is 2. The van der Waals surface area contributed by atoms with Crippen molar-refractivity contribution in [3.05, 3.63) is 18.5 Å². The van der Waals surface area contributed by atoms with E-state index in [4.69, 9.17) is 10.2 Å². The average Bonchev–Trinajstić information content (AvgIpc) is 2.29. The third-order valence-electron chi connectivity index (χ3n) is 1.52. The fraction of sp³-hybridized carbons (Fsp3) is 0.500. The van der Waals surface area contributed by atoms with E-state index >= 15 is 0 Å². The first-order valence-electron chi connectivity index (χ1n) is 3.46. The molecule has 0 aliphatic carbocycles. The molecule has 1 fully saturated rings. The number of rotatable bonds is 2. The summed E-state index contributed by atoms with van der Waals surface area (Å²) >= 11 is 0. The van der Waals surface area contributed by atoms with E-state index < -0.39 is 25.9 Å². The zero-order chi connectivity index (χ0) is 10.1. The van der Waals surface area contributed by atoms with Gasteiger partial charge in [-0.05, 0) is 13.7 Å². The molecule has 0 aromatic heterocycles. The van der Waals surface area contributed by atoms with E-state index in [0.717, 1.165) is 12.7 Å². The van der Waals surface area contributed by atoms with Gasteiger partial charge in [0.05, 0.1) is 12.2 Å². The molecule has 0 amide bonds. The minimum absolute atomic E-state index is 0. The number of aliphatic hydroxyl groups is 2. The first-order chi connectivity index (χ1) is 5.90. The van der Waals surface area contributed by atoms with Crippen LogP contribution in [0.25, 0.3) is 0 Å². The van der Waals surface area contributed by atoms with Gasteiger partial charge in [0.15, 0.2) is 0 Å². The molecule has 1 aliphatic rings. The fourth-order valence-electron chi connectivity index (χ4n) is 0.876. The maximum atomic E-state index is 10.2. The second-order valence-corrected chi connectivity index (χ2v) is 3.98. The minimum atomic E-state index is -4.73. The standard InChI is InChI=1S/C6H10O6P.U/c7-4-3-12-5(6(4)8)1-2-13(9,10)11;/h1-8H,(H2,9,10,11);/q-1;/p-2/b2-1+;/t4-,5-,6?;/m1./s1. The van der Waals surface area contributed by atoms with Crippen LogP contribution in [0.4, 0.5) is 0 Å². The quantitative estimate of drug-likeness (QED) is 0.365. The minimum Gasteiger partial charge on any atom is -0.808 e. The molecule has 14 heavy (non-hydrogen) atoms. The summed E-state index contributed by atoms with van der Waals surface area (Å²) in [5, 5.41) is 18.0. The monoisotopic (exact) mass is 445 g/mol. The molecular formula is C6H8O6PU-3. The van der Waals surface area contributed by atoms with Crippen molar-refractivity contribution in [3.63, 3.8) is 0 Å². The van der Waals surface area contributed by atoms with Crippen molar-refractivity contribution in [2.75, 3.05) is 0 Å². The van der Waals surface area contributed by atoms with Crippen LogP contribution in [0.2, 0.25) is 0 Å². The van der Waals surface area contributed by atoms with Crippen LogP contribution < -0.4 is 9.79 Å². The van der Waals surface area contributed by atoms with E-state index in [2.05, 4.69) is 4.74 Å². The Kier molecular flexibility index (Phi) is 6.12. The van der Waals surface area contributed by atoms with Crippen molar-refractivity contribution >= 4 is 7.60 Å². The Hall–Kier alpha value is 0.822. The SMILES string of the molecule is O=P([O-])([O-])/C=C/[C@H]1O[CH-][C@@H](O)C1O.[U]. The number of aliphatic hydroxyl groups excluding tert-OH is 2. The van der Waals surface area contributed by atoms with Crippen molar-refractivity contribution in [3.8, 4) is 0 Å². The molecule has 2 N–H and O–H groups in total. The topological polar surface area (TPSA) is 113 Å². The predicted molar refractivity (Wildman–Crippen MR) is 37.9 cm³/mol. The van der Waals surface area contributed by atoms with Crippen molar-refractivity contribution in [1.29, 1.82) is 0 Å². The maximum absolute atomic E-state index is 10.2. The molecule has 1 aliphatic heterocycles. The Morgan fingerprint density at radius 3 is 2.36 bits per heavy atom. The van der Waals surface area contributed by atoms with Gasteiger partial charge in [-0.25, -0.2) is 0 Å². The first-order valence-corrected chi connectivity index (χ1v) is 5.07. The van der Waals surface area contributed by atoms with Gasteiger partial charge >= 0.3 is 0 Å². The Labute approximate surface area is 105 Å². The van der Waals surface area contributed by atoms with Crippen LogP contribution in [0.3, 0.4) is 0 Å². The molecule has 1 saturated heterocycles. The normalized spacial score (nSPS) is 33.3. The summed E-state index contributed by atoms with van der Waals surface area (Å²) in [6.07, 6.45) is -2.47. The molecule has 1 rings (SSSR count). The average molecular weight is 445 g/mol. The van der Waals surface area contributed by atoms with Crippen molar-refractivity contribution < 1.29 is 60.4 Å². The molecule has 1 heterocycles. The summed E-state index contributed by atoms with van der Waals surface area (Å²) in [5.74, 6) is 0.409. The van der Waals surface area contributed by atoms with Gasteiger partial charge in [-0.15, -0.1) is 0 Å². The molecule has 0 saturated carbocycles. The van der Waals surface area contributed by atoms with Gasteiger partial charge in [0, 0.05) is 31.1 Å². The molecule has 0 radical (unpaired) electrons. The van der Waals surface area contributed by atoms with Crippen molar-refractivity contribution in [1.82, 2.24) is 0 Å². The van der Waals surface area contributed by atoms with Crippen molar-refractivity contribution in [2.24, 2.45) is 0 Å². The maximum Gasteiger partial charge on any atom is 0.0808 e. The van der Waals surface area contributed by atoms with Crippen molar-refractivity contribution in [2.45, 2.75) is 18.3 Å². The van der Waals surface area contributed by atoms with Gasteiger partial charge in [0.2, 0.25) is 0 Å². The molecule has 1 unspecified atom stereocenters. The second kappa shape index (κ2) is 5.78. The predicted octanol–water partition coefficient (Wildman–Crippen LogP) is -2.30. The van der Waals surface area contributed by atoms with Crippen LogP contribution in [-0.4, -0.2) is 28.5 Å². The molecule has 0 bridgehead atoms. The Bertz CT molecular complexity index is 251. The molecule has 3 atom stereocenters. The molecule has 0 aromatic carbocycles. The van der Waals surface area contributed by atoms with Gasteiger partial charge in [0.1, 0.15) is 0 Å². The third-order valence-corrected chi connectivity index (χ3v) is 2.06. The van der Waals surface area contributed by atoms with E-state index in [-0.39, 0.29) is 31.1 Å². The first kappa shape index (κ1) is 14.8.